The lowest BCUT2D eigenvalue weighted by Gasteiger charge is -2.39. The third-order valence-electron chi connectivity index (χ3n) is 4.82. The molecular weight excluding hydrogens is 395 g/mol. The Kier molecular flexibility index (Phi) is 5.49. The highest BCUT2D eigenvalue weighted by Crippen LogP contribution is 2.39. The molecule has 1 heterocycles. The quantitative estimate of drug-likeness (QED) is 0.763. The second kappa shape index (κ2) is 7.59. The van der Waals surface area contributed by atoms with E-state index in [2.05, 4.69) is 9.71 Å². The third-order valence-corrected chi connectivity index (χ3v) is 6.74. The Balaban J connectivity index is 1.93. The zero-order valence-electron chi connectivity index (χ0n) is 16.6. The lowest BCUT2D eigenvalue weighted by atomic mass is 9.96. The first-order valence-electron chi connectivity index (χ1n) is 9.15. The van der Waals surface area contributed by atoms with Crippen LogP contribution in [0.15, 0.2) is 53.5 Å². The van der Waals surface area contributed by atoms with E-state index in [9.17, 15) is 17.6 Å². The zero-order valence-corrected chi connectivity index (χ0v) is 17.5. The molecule has 3 rings (SSSR count). The van der Waals surface area contributed by atoms with Gasteiger partial charge in [0.25, 0.3) is 6.02 Å². The third kappa shape index (κ3) is 4.32. The summed E-state index contributed by atoms with van der Waals surface area (Å²) in [6, 6.07) is 11.7. The number of halogens is 1. The smallest absolute Gasteiger partial charge is 0.299 e. The molecule has 1 aliphatic heterocycles. The number of amidine groups is 1. The van der Waals surface area contributed by atoms with Crippen molar-refractivity contribution in [2.24, 2.45) is 4.99 Å². The van der Waals surface area contributed by atoms with Gasteiger partial charge >= 0.3 is 0 Å². The van der Waals surface area contributed by atoms with Crippen molar-refractivity contribution in [1.29, 1.82) is 0 Å². The second-order valence-corrected chi connectivity index (χ2v) is 9.31. The standard InChI is InChI=1S/C21H23FN2O4S/c1-13(17-7-5-6-8-18(17)22)23-20-24-29(26,27)19(21(3,4)28-20)16-11-9-15(10-12-16)14(2)25/h5-13,19H,1-4H3,(H,23,24). The molecule has 1 N–H and O–H groups in total. The Morgan fingerprint density at radius 1 is 1.17 bits per heavy atom. The number of sulfonamides is 1. The summed E-state index contributed by atoms with van der Waals surface area (Å²) in [5, 5.41) is -1.02. The summed E-state index contributed by atoms with van der Waals surface area (Å²) in [5.74, 6) is -0.529. The van der Waals surface area contributed by atoms with E-state index in [0.717, 1.165) is 0 Å². The second-order valence-electron chi connectivity index (χ2n) is 7.54. The van der Waals surface area contributed by atoms with Crippen molar-refractivity contribution in [3.63, 3.8) is 0 Å². The summed E-state index contributed by atoms with van der Waals surface area (Å²) in [5.41, 5.74) is 0.182. The van der Waals surface area contributed by atoms with Crippen LogP contribution in [0.3, 0.4) is 0 Å². The molecule has 29 heavy (non-hydrogen) atoms. The fraction of sp³-hybridized carbons (Fsp3) is 0.333. The molecule has 2 atom stereocenters. The van der Waals surface area contributed by atoms with Gasteiger partial charge in [-0.1, -0.05) is 42.5 Å². The number of carbonyl (C=O) groups excluding carboxylic acids is 1. The SMILES string of the molecule is CC(=O)c1ccc(C2C(C)(C)OC(=NC(C)c3ccccc3F)NS2(=O)=O)cc1. The molecule has 1 aliphatic rings. The van der Waals surface area contributed by atoms with E-state index < -0.39 is 32.7 Å². The molecule has 0 saturated carbocycles. The van der Waals surface area contributed by atoms with Gasteiger partial charge in [-0.25, -0.2) is 22.5 Å². The minimum absolute atomic E-state index is 0.103. The van der Waals surface area contributed by atoms with Crippen molar-refractivity contribution in [3.8, 4) is 0 Å². The minimum Gasteiger partial charge on any atom is -0.457 e. The number of benzene rings is 2. The molecule has 2 unspecified atom stereocenters. The maximum atomic E-state index is 14.0. The molecule has 1 fully saturated rings. The van der Waals surface area contributed by atoms with Crippen LogP contribution >= 0.6 is 0 Å². The number of nitrogens with one attached hydrogen (secondary N) is 1. The molecule has 0 spiro atoms. The summed E-state index contributed by atoms with van der Waals surface area (Å²) in [6.45, 7) is 6.40. The predicted molar refractivity (Wildman–Crippen MR) is 109 cm³/mol. The van der Waals surface area contributed by atoms with Gasteiger partial charge in [-0.3, -0.25) is 4.79 Å². The number of Topliss-reactive ketones (excluding diaryl/α,β-unsaturated/α-hetero) is 1. The maximum absolute atomic E-state index is 14.0. The molecule has 1 saturated heterocycles. The molecule has 0 aromatic heterocycles. The molecule has 0 aliphatic carbocycles. The maximum Gasteiger partial charge on any atom is 0.299 e. The van der Waals surface area contributed by atoms with Crippen LogP contribution in [0.4, 0.5) is 4.39 Å². The molecule has 2 aromatic carbocycles. The Morgan fingerprint density at radius 3 is 2.34 bits per heavy atom. The summed E-state index contributed by atoms with van der Waals surface area (Å²) >= 11 is 0. The van der Waals surface area contributed by atoms with E-state index in [4.69, 9.17) is 4.74 Å². The normalized spacial score (nSPS) is 22.4. The van der Waals surface area contributed by atoms with Crippen molar-refractivity contribution in [2.45, 2.75) is 44.6 Å². The Morgan fingerprint density at radius 2 is 1.79 bits per heavy atom. The summed E-state index contributed by atoms with van der Waals surface area (Å²) in [6.07, 6.45) is 0. The van der Waals surface area contributed by atoms with Crippen LogP contribution in [0.1, 0.15) is 60.5 Å². The highest BCUT2D eigenvalue weighted by atomic mass is 32.2. The first kappa shape index (κ1) is 21.0. The topological polar surface area (TPSA) is 84.8 Å². The van der Waals surface area contributed by atoms with Gasteiger partial charge in [0.2, 0.25) is 10.0 Å². The monoisotopic (exact) mass is 418 g/mol. The number of rotatable bonds is 4. The fourth-order valence-corrected chi connectivity index (χ4v) is 5.23. The summed E-state index contributed by atoms with van der Waals surface area (Å²) in [4.78, 5) is 15.7. The molecule has 2 aromatic rings. The average molecular weight is 418 g/mol. The van der Waals surface area contributed by atoms with Gasteiger partial charge in [-0.2, -0.15) is 0 Å². The van der Waals surface area contributed by atoms with Gasteiger partial charge in [0.15, 0.2) is 5.78 Å². The van der Waals surface area contributed by atoms with Crippen molar-refractivity contribution in [1.82, 2.24) is 4.72 Å². The predicted octanol–water partition coefficient (Wildman–Crippen LogP) is 3.91. The minimum atomic E-state index is -3.89. The van der Waals surface area contributed by atoms with Gasteiger partial charge in [0.1, 0.15) is 16.7 Å². The lowest BCUT2D eigenvalue weighted by Crippen LogP contribution is -2.53. The van der Waals surface area contributed by atoms with E-state index in [-0.39, 0.29) is 11.8 Å². The number of nitrogens with zero attached hydrogens (tertiary/aromatic N) is 1. The Labute approximate surface area is 169 Å². The van der Waals surface area contributed by atoms with Gasteiger partial charge in [0, 0.05) is 11.1 Å². The summed E-state index contributed by atoms with van der Waals surface area (Å²) in [7, 11) is -3.89. The van der Waals surface area contributed by atoms with Gasteiger partial charge < -0.3 is 4.74 Å². The van der Waals surface area contributed by atoms with Crippen LogP contribution in [0.5, 0.6) is 0 Å². The highest BCUT2D eigenvalue weighted by Gasteiger charge is 2.48. The van der Waals surface area contributed by atoms with E-state index in [0.29, 0.717) is 16.7 Å². The van der Waals surface area contributed by atoms with Crippen LogP contribution in [0, 0.1) is 5.82 Å². The number of ketones is 1. The van der Waals surface area contributed by atoms with Crippen LogP contribution in [0.25, 0.3) is 0 Å². The number of aliphatic imine (C=N–C) groups is 1. The average Bonchev–Trinajstić information content (AvgIpc) is 2.60. The van der Waals surface area contributed by atoms with E-state index in [1.54, 1.807) is 63.2 Å². The first-order chi connectivity index (χ1) is 13.5. The molecule has 0 radical (unpaired) electrons. The van der Waals surface area contributed by atoms with Crippen molar-refractivity contribution < 1.29 is 22.3 Å². The van der Waals surface area contributed by atoms with Crippen LogP contribution in [-0.4, -0.2) is 25.8 Å². The summed E-state index contributed by atoms with van der Waals surface area (Å²) < 4.78 is 48.2. The van der Waals surface area contributed by atoms with E-state index >= 15 is 0 Å². The first-order valence-corrected chi connectivity index (χ1v) is 10.7. The molecule has 0 bridgehead atoms. The number of hydrogen-bond donors (Lipinski definition) is 1. The Bertz CT molecular complexity index is 1060. The highest BCUT2D eigenvalue weighted by molar-refractivity contribution is 7.90. The van der Waals surface area contributed by atoms with Crippen molar-refractivity contribution >= 4 is 21.8 Å². The van der Waals surface area contributed by atoms with Gasteiger partial charge in [-0.05, 0) is 39.3 Å². The number of ether oxygens (including phenoxy) is 1. The van der Waals surface area contributed by atoms with Crippen molar-refractivity contribution in [3.05, 3.63) is 71.0 Å². The van der Waals surface area contributed by atoms with E-state index in [1.165, 1.54) is 13.0 Å². The van der Waals surface area contributed by atoms with Gasteiger partial charge in [-0.15, -0.1) is 0 Å². The largest absolute Gasteiger partial charge is 0.457 e. The number of carbonyl (C=O) groups is 1. The molecule has 154 valence electrons. The van der Waals surface area contributed by atoms with E-state index in [1.807, 2.05) is 0 Å². The number of hydrogen-bond acceptors (Lipinski definition) is 5. The van der Waals surface area contributed by atoms with Crippen LogP contribution in [-0.2, 0) is 14.8 Å². The molecule has 6 nitrogen and oxygen atoms in total. The lowest BCUT2D eigenvalue weighted by molar-refractivity contribution is 0.0761. The fourth-order valence-electron chi connectivity index (χ4n) is 3.46. The van der Waals surface area contributed by atoms with Crippen LogP contribution < -0.4 is 4.72 Å². The zero-order chi connectivity index (χ0) is 21.4. The van der Waals surface area contributed by atoms with Gasteiger partial charge in [0.05, 0.1) is 6.04 Å². The van der Waals surface area contributed by atoms with Crippen LogP contribution in [0.2, 0.25) is 0 Å². The Hall–Kier alpha value is -2.74. The van der Waals surface area contributed by atoms with Crippen molar-refractivity contribution in [2.75, 3.05) is 0 Å². The molecule has 8 heteroatoms. The molecular formula is C21H23FN2O4S. The molecule has 0 amide bonds.